The van der Waals surface area contributed by atoms with Crippen molar-refractivity contribution in [3.8, 4) is 0 Å². The molecule has 1 aliphatic carbocycles. The van der Waals surface area contributed by atoms with Crippen molar-refractivity contribution in [2.75, 3.05) is 11.1 Å². The molecule has 0 saturated heterocycles. The van der Waals surface area contributed by atoms with Crippen molar-refractivity contribution in [2.24, 2.45) is 4.99 Å². The number of nitrogens with zero attached hydrogens (tertiary/aromatic N) is 2. The highest BCUT2D eigenvalue weighted by Gasteiger charge is 2.36. The summed E-state index contributed by atoms with van der Waals surface area (Å²) in [7, 11) is 0. The van der Waals surface area contributed by atoms with Crippen LogP contribution in [0.25, 0.3) is 6.08 Å². The largest absolute Gasteiger partial charge is 0.324 e. The van der Waals surface area contributed by atoms with Crippen LogP contribution in [-0.2, 0) is 9.59 Å². The first-order chi connectivity index (χ1) is 15.0. The summed E-state index contributed by atoms with van der Waals surface area (Å²) in [6, 6.07) is 8.96. The number of rotatable bonds is 5. The maximum absolute atomic E-state index is 13.2. The van der Waals surface area contributed by atoms with Crippen LogP contribution in [0.1, 0.15) is 37.0 Å². The molecule has 1 aliphatic heterocycles. The number of carbonyl (C=O) groups excluding carboxylic acids is 2. The number of hydrogen-bond donors (Lipinski definition) is 1. The van der Waals surface area contributed by atoms with Gasteiger partial charge < -0.3 is 5.32 Å². The van der Waals surface area contributed by atoms with E-state index in [0.29, 0.717) is 26.6 Å². The molecular weight excluding hydrogens is 473 g/mol. The molecule has 2 heterocycles. The summed E-state index contributed by atoms with van der Waals surface area (Å²) in [6.45, 7) is 0. The molecule has 2 aromatic rings. The fraction of sp³-hybridized carbons (Fsp3) is 0.318. The highest BCUT2D eigenvalue weighted by atomic mass is 35.5. The third kappa shape index (κ3) is 5.52. The van der Waals surface area contributed by atoms with Crippen molar-refractivity contribution in [1.29, 1.82) is 0 Å². The van der Waals surface area contributed by atoms with Crippen molar-refractivity contribution >= 4 is 75.0 Å². The number of benzene rings is 1. The molecule has 0 radical (unpaired) electrons. The van der Waals surface area contributed by atoms with Crippen molar-refractivity contribution in [3.63, 3.8) is 0 Å². The Morgan fingerprint density at radius 1 is 1.26 bits per heavy atom. The number of thioether (sulfide) groups is 1. The van der Waals surface area contributed by atoms with Crippen molar-refractivity contribution in [3.05, 3.63) is 56.3 Å². The Kier molecular flexibility index (Phi) is 7.38. The molecule has 31 heavy (non-hydrogen) atoms. The molecule has 2 amide bonds. The van der Waals surface area contributed by atoms with E-state index in [1.165, 1.54) is 18.2 Å². The number of nitrogens with one attached hydrogen (secondary N) is 1. The topological polar surface area (TPSA) is 61.8 Å². The van der Waals surface area contributed by atoms with Crippen LogP contribution in [0.3, 0.4) is 0 Å². The first-order valence-electron chi connectivity index (χ1n) is 10.1. The van der Waals surface area contributed by atoms with Crippen LogP contribution >= 0.6 is 46.3 Å². The molecule has 162 valence electrons. The SMILES string of the molecule is O=C(CSC1=NC(=Cc2cccs2)C(=O)N1C1CCCCC1)Nc1ccc(Cl)cc1Cl. The fourth-order valence-electron chi connectivity index (χ4n) is 3.69. The molecule has 5 nitrogen and oxygen atoms in total. The second kappa shape index (κ2) is 10.2. The Morgan fingerprint density at radius 2 is 2.06 bits per heavy atom. The molecule has 0 unspecified atom stereocenters. The average molecular weight is 494 g/mol. The molecule has 1 aromatic heterocycles. The summed E-state index contributed by atoms with van der Waals surface area (Å²) < 4.78 is 0. The second-order valence-electron chi connectivity index (χ2n) is 7.37. The summed E-state index contributed by atoms with van der Waals surface area (Å²) in [5.41, 5.74) is 0.931. The zero-order valence-electron chi connectivity index (χ0n) is 16.6. The number of amidine groups is 1. The van der Waals surface area contributed by atoms with Crippen molar-refractivity contribution < 1.29 is 9.59 Å². The molecule has 2 aliphatic rings. The number of amides is 2. The van der Waals surface area contributed by atoms with Gasteiger partial charge in [0.05, 0.1) is 16.5 Å². The van der Waals surface area contributed by atoms with Gasteiger partial charge in [0, 0.05) is 15.9 Å². The summed E-state index contributed by atoms with van der Waals surface area (Å²) in [4.78, 5) is 33.1. The van der Waals surface area contributed by atoms with Gasteiger partial charge in [-0.15, -0.1) is 11.3 Å². The van der Waals surface area contributed by atoms with Gasteiger partial charge in [0.2, 0.25) is 5.91 Å². The van der Waals surface area contributed by atoms with Gasteiger partial charge in [-0.3, -0.25) is 14.5 Å². The Bertz CT molecular complexity index is 1030. The average Bonchev–Trinajstić information content (AvgIpc) is 3.37. The van der Waals surface area contributed by atoms with Crippen LogP contribution in [0.2, 0.25) is 10.0 Å². The molecule has 0 bridgehead atoms. The summed E-state index contributed by atoms with van der Waals surface area (Å²) in [5.74, 6) is -0.173. The Morgan fingerprint density at radius 3 is 2.77 bits per heavy atom. The van der Waals surface area contributed by atoms with Crippen LogP contribution in [0.15, 0.2) is 46.4 Å². The minimum atomic E-state index is -0.219. The maximum Gasteiger partial charge on any atom is 0.278 e. The van der Waals surface area contributed by atoms with E-state index in [2.05, 4.69) is 10.3 Å². The van der Waals surface area contributed by atoms with E-state index in [1.807, 2.05) is 23.6 Å². The van der Waals surface area contributed by atoms with E-state index >= 15 is 0 Å². The second-order valence-corrected chi connectivity index (χ2v) is 10.1. The van der Waals surface area contributed by atoms with Gasteiger partial charge in [0.1, 0.15) is 5.70 Å². The van der Waals surface area contributed by atoms with E-state index in [-0.39, 0.29) is 23.6 Å². The molecule has 1 aromatic carbocycles. The summed E-state index contributed by atoms with van der Waals surface area (Å²) in [6.07, 6.45) is 7.15. The maximum atomic E-state index is 13.2. The fourth-order valence-corrected chi connectivity index (χ4v) is 5.66. The first kappa shape index (κ1) is 22.4. The molecule has 9 heteroatoms. The van der Waals surface area contributed by atoms with Gasteiger partial charge >= 0.3 is 0 Å². The highest BCUT2D eigenvalue weighted by Crippen LogP contribution is 2.32. The predicted molar refractivity (Wildman–Crippen MR) is 131 cm³/mol. The first-order valence-corrected chi connectivity index (χ1v) is 12.7. The number of aliphatic imine (C=N–C) groups is 1. The van der Waals surface area contributed by atoms with Gasteiger partial charge in [-0.25, -0.2) is 4.99 Å². The number of carbonyl (C=O) groups is 2. The molecule has 0 spiro atoms. The lowest BCUT2D eigenvalue weighted by molar-refractivity contribution is -0.124. The van der Waals surface area contributed by atoms with Crippen LogP contribution in [0.5, 0.6) is 0 Å². The Balaban J connectivity index is 1.48. The van der Waals surface area contributed by atoms with Gasteiger partial charge in [-0.1, -0.05) is 60.3 Å². The van der Waals surface area contributed by atoms with E-state index in [4.69, 9.17) is 23.2 Å². The Labute approximate surface area is 199 Å². The molecule has 1 saturated carbocycles. The van der Waals surface area contributed by atoms with Crippen LogP contribution in [0.4, 0.5) is 5.69 Å². The van der Waals surface area contributed by atoms with E-state index in [1.54, 1.807) is 34.4 Å². The summed E-state index contributed by atoms with van der Waals surface area (Å²) >= 11 is 14.9. The standard InChI is InChI=1S/C22H21Cl2N3O2S2/c23-14-8-9-18(17(24)11-14)25-20(28)13-31-22-26-19(12-16-7-4-10-30-16)21(29)27(22)15-5-2-1-3-6-15/h4,7-12,15H,1-3,5-6,13H2,(H,25,28). The quantitative estimate of drug-likeness (QED) is 0.497. The van der Waals surface area contributed by atoms with Gasteiger partial charge in [-0.05, 0) is 48.6 Å². The van der Waals surface area contributed by atoms with E-state index in [9.17, 15) is 9.59 Å². The van der Waals surface area contributed by atoms with Gasteiger partial charge in [-0.2, -0.15) is 0 Å². The van der Waals surface area contributed by atoms with Crippen LogP contribution in [0, 0.1) is 0 Å². The molecule has 1 fully saturated rings. The number of anilines is 1. The Hall–Kier alpha value is -1.80. The lowest BCUT2D eigenvalue weighted by atomic mass is 9.94. The number of thiophene rings is 1. The van der Waals surface area contributed by atoms with Gasteiger partial charge in [0.25, 0.3) is 5.91 Å². The zero-order valence-corrected chi connectivity index (χ0v) is 19.8. The lowest BCUT2D eigenvalue weighted by Gasteiger charge is -2.31. The number of hydrogen-bond acceptors (Lipinski definition) is 5. The molecule has 0 atom stereocenters. The monoisotopic (exact) mass is 493 g/mol. The van der Waals surface area contributed by atoms with Crippen LogP contribution in [-0.4, -0.2) is 33.7 Å². The number of halogens is 2. The third-order valence-electron chi connectivity index (χ3n) is 5.16. The van der Waals surface area contributed by atoms with Crippen LogP contribution < -0.4 is 5.32 Å². The molecular formula is C22H21Cl2N3O2S2. The van der Waals surface area contributed by atoms with Crippen molar-refractivity contribution in [1.82, 2.24) is 4.90 Å². The molecule has 1 N–H and O–H groups in total. The third-order valence-corrected chi connectivity index (χ3v) is 7.48. The van der Waals surface area contributed by atoms with E-state index in [0.717, 1.165) is 30.6 Å². The highest BCUT2D eigenvalue weighted by molar-refractivity contribution is 8.14. The van der Waals surface area contributed by atoms with Gasteiger partial charge in [0.15, 0.2) is 5.17 Å². The normalized spacial score (nSPS) is 18.5. The van der Waals surface area contributed by atoms with E-state index < -0.39 is 0 Å². The zero-order chi connectivity index (χ0) is 21.8. The molecule has 4 rings (SSSR count). The minimum Gasteiger partial charge on any atom is -0.324 e. The smallest absolute Gasteiger partial charge is 0.278 e. The summed E-state index contributed by atoms with van der Waals surface area (Å²) in [5, 5.41) is 6.24. The van der Waals surface area contributed by atoms with Crippen molar-refractivity contribution in [2.45, 2.75) is 38.1 Å². The lowest BCUT2D eigenvalue weighted by Crippen LogP contribution is -2.41. The predicted octanol–water partition coefficient (Wildman–Crippen LogP) is 6.30. The minimum absolute atomic E-state index is 0.0797.